The Morgan fingerprint density at radius 2 is 1.95 bits per heavy atom. The highest BCUT2D eigenvalue weighted by Crippen LogP contribution is 2.35. The van der Waals surface area contributed by atoms with E-state index in [4.69, 9.17) is 11.6 Å². The molecule has 5 rings (SSSR count). The molecule has 0 atom stereocenters. The Bertz CT molecular complexity index is 1390. The van der Waals surface area contributed by atoms with Gasteiger partial charge in [0.15, 0.2) is 5.17 Å². The number of amidine groups is 1. The van der Waals surface area contributed by atoms with E-state index in [0.717, 1.165) is 43.2 Å². The van der Waals surface area contributed by atoms with Gasteiger partial charge in [-0.1, -0.05) is 23.7 Å². The van der Waals surface area contributed by atoms with E-state index < -0.39 is 11.7 Å². The number of likely N-dealkylation sites (tertiary alicyclic amines) is 1. The van der Waals surface area contributed by atoms with Gasteiger partial charge in [-0.05, 0) is 79.2 Å². The highest BCUT2D eigenvalue weighted by Gasteiger charge is 2.33. The van der Waals surface area contributed by atoms with Gasteiger partial charge in [0.2, 0.25) is 0 Å². The first kappa shape index (κ1) is 25.8. The molecule has 0 aliphatic carbocycles. The molecule has 0 spiro atoms. The lowest BCUT2D eigenvalue weighted by Crippen LogP contribution is -2.33. The number of carbonyl (C=O) groups excluding carboxylic acids is 1. The molecule has 0 unspecified atom stereocenters. The third kappa shape index (κ3) is 5.86. The number of hydrogen-bond acceptors (Lipinski definition) is 5. The van der Waals surface area contributed by atoms with Crippen LogP contribution in [-0.2, 0) is 17.5 Å². The number of nitrogens with zero attached hydrogens (tertiary/aromatic N) is 5. The number of amides is 1. The molecule has 1 amide bonds. The molecule has 2 aliphatic rings. The lowest BCUT2D eigenvalue weighted by Gasteiger charge is -2.21. The van der Waals surface area contributed by atoms with Gasteiger partial charge in [0.1, 0.15) is 0 Å². The molecule has 0 bridgehead atoms. The number of aliphatic imine (C=N–C) groups is 1. The molecule has 0 N–H and O–H groups in total. The van der Waals surface area contributed by atoms with Gasteiger partial charge in [0.25, 0.3) is 5.91 Å². The van der Waals surface area contributed by atoms with Crippen LogP contribution in [0.2, 0.25) is 5.02 Å². The summed E-state index contributed by atoms with van der Waals surface area (Å²) >= 11 is 7.15. The van der Waals surface area contributed by atoms with E-state index in [1.165, 1.54) is 41.4 Å². The lowest BCUT2D eigenvalue weighted by atomic mass is 10.1. The van der Waals surface area contributed by atoms with Crippen molar-refractivity contribution in [2.75, 3.05) is 33.2 Å². The van der Waals surface area contributed by atoms with E-state index in [9.17, 15) is 18.0 Å². The van der Waals surface area contributed by atoms with Crippen molar-refractivity contribution in [1.82, 2.24) is 19.6 Å². The zero-order valence-electron chi connectivity index (χ0n) is 20.1. The summed E-state index contributed by atoms with van der Waals surface area (Å²) in [6, 6.07) is 9.23. The summed E-state index contributed by atoms with van der Waals surface area (Å²) in [7, 11) is 1.95. The number of aromatic nitrogens is 2. The molecule has 0 radical (unpaired) electrons. The first-order chi connectivity index (χ1) is 17.7. The number of likely N-dealkylation sites (N-methyl/N-ethyl adjacent to an activating group) is 1. The van der Waals surface area contributed by atoms with Crippen LogP contribution in [0.3, 0.4) is 0 Å². The Hall–Kier alpha value is -2.82. The molecular formula is C26H25ClF3N5OS. The number of benzene rings is 2. The summed E-state index contributed by atoms with van der Waals surface area (Å²) in [5.74, 6) is -0.272. The third-order valence-corrected chi connectivity index (χ3v) is 7.88. The van der Waals surface area contributed by atoms with Gasteiger partial charge in [-0.15, -0.1) is 0 Å². The minimum atomic E-state index is -4.52. The van der Waals surface area contributed by atoms with Gasteiger partial charge in [-0.3, -0.25) is 9.48 Å². The fraction of sp³-hybridized carbons (Fsp3) is 0.346. The Morgan fingerprint density at radius 3 is 2.70 bits per heavy atom. The summed E-state index contributed by atoms with van der Waals surface area (Å²) in [6.07, 6.45) is 1.36. The quantitative estimate of drug-likeness (QED) is 0.368. The van der Waals surface area contributed by atoms with Crippen molar-refractivity contribution in [3.63, 3.8) is 0 Å². The maximum absolute atomic E-state index is 13.5. The van der Waals surface area contributed by atoms with E-state index in [0.29, 0.717) is 15.6 Å². The second-order valence-electron chi connectivity index (χ2n) is 9.20. The number of rotatable bonds is 6. The van der Waals surface area contributed by atoms with Crippen LogP contribution >= 0.6 is 23.4 Å². The van der Waals surface area contributed by atoms with E-state index >= 15 is 0 Å². The number of halogens is 4. The van der Waals surface area contributed by atoms with Crippen molar-refractivity contribution in [1.29, 1.82) is 0 Å². The van der Waals surface area contributed by atoms with Crippen molar-refractivity contribution >= 4 is 51.4 Å². The Labute approximate surface area is 221 Å². The fourth-order valence-electron chi connectivity index (χ4n) is 4.54. The number of fused-ring (bicyclic) bond motifs is 1. The standard InChI is InChI=1S/C26H25ClF3N5OS/c1-33(10-11-34-8-2-3-9-34)25-32-24(36)23(37-25)13-17-4-7-22-19(12-17)15-31-35(22)16-18-5-6-20(27)14-21(18)26(28,29)30/h4-7,12-15H,2-3,8-11,16H2,1H3/b23-13-. The summed E-state index contributed by atoms with van der Waals surface area (Å²) in [6.45, 7) is 3.95. The second kappa shape index (κ2) is 10.5. The summed E-state index contributed by atoms with van der Waals surface area (Å²) in [5, 5.41) is 5.78. The van der Waals surface area contributed by atoms with Crippen molar-refractivity contribution < 1.29 is 18.0 Å². The average Bonchev–Trinajstić information content (AvgIpc) is 3.59. The molecule has 1 fully saturated rings. The van der Waals surface area contributed by atoms with Crippen LogP contribution in [-0.4, -0.2) is 63.9 Å². The molecule has 11 heteroatoms. The van der Waals surface area contributed by atoms with Crippen molar-refractivity contribution in [3.05, 3.63) is 69.2 Å². The van der Waals surface area contributed by atoms with Crippen LogP contribution in [0.4, 0.5) is 13.2 Å². The highest BCUT2D eigenvalue weighted by molar-refractivity contribution is 8.18. The molecule has 6 nitrogen and oxygen atoms in total. The van der Waals surface area contributed by atoms with Gasteiger partial charge in [0.05, 0.1) is 28.7 Å². The van der Waals surface area contributed by atoms with Gasteiger partial charge in [-0.2, -0.15) is 23.3 Å². The normalized spacial score (nSPS) is 17.8. The van der Waals surface area contributed by atoms with E-state index in [-0.39, 0.29) is 23.0 Å². The zero-order valence-corrected chi connectivity index (χ0v) is 21.7. The molecule has 3 heterocycles. The van der Waals surface area contributed by atoms with E-state index in [1.54, 1.807) is 18.3 Å². The van der Waals surface area contributed by atoms with Gasteiger partial charge in [-0.25, -0.2) is 0 Å². The van der Waals surface area contributed by atoms with Crippen molar-refractivity contribution in [2.45, 2.75) is 25.6 Å². The maximum Gasteiger partial charge on any atom is 0.416 e. The minimum absolute atomic E-state index is 0.0309. The molecule has 2 aromatic carbocycles. The first-order valence-electron chi connectivity index (χ1n) is 11.9. The third-order valence-electron chi connectivity index (χ3n) is 6.55. The second-order valence-corrected chi connectivity index (χ2v) is 10.6. The smallest absolute Gasteiger partial charge is 0.353 e. The molecule has 0 saturated carbocycles. The Kier molecular flexibility index (Phi) is 7.33. The van der Waals surface area contributed by atoms with Crippen LogP contribution < -0.4 is 0 Å². The van der Waals surface area contributed by atoms with Crippen LogP contribution in [0.15, 0.2) is 52.5 Å². The van der Waals surface area contributed by atoms with Gasteiger partial charge in [0, 0.05) is 30.5 Å². The number of hydrogen-bond donors (Lipinski definition) is 0. The van der Waals surface area contributed by atoms with Gasteiger partial charge < -0.3 is 9.80 Å². The number of carbonyl (C=O) groups is 1. The summed E-state index contributed by atoms with van der Waals surface area (Å²) in [5.41, 5.74) is 0.790. The highest BCUT2D eigenvalue weighted by atomic mass is 35.5. The van der Waals surface area contributed by atoms with E-state index in [1.807, 2.05) is 24.1 Å². The van der Waals surface area contributed by atoms with Crippen LogP contribution in [0.25, 0.3) is 17.0 Å². The van der Waals surface area contributed by atoms with Gasteiger partial charge >= 0.3 is 6.18 Å². The predicted molar refractivity (Wildman–Crippen MR) is 142 cm³/mol. The minimum Gasteiger partial charge on any atom is -0.353 e. The van der Waals surface area contributed by atoms with Crippen molar-refractivity contribution in [2.24, 2.45) is 4.99 Å². The predicted octanol–water partition coefficient (Wildman–Crippen LogP) is 5.75. The average molecular weight is 548 g/mol. The maximum atomic E-state index is 13.5. The molecule has 37 heavy (non-hydrogen) atoms. The molecule has 2 aliphatic heterocycles. The molecule has 194 valence electrons. The molecule has 1 aromatic heterocycles. The number of alkyl halides is 3. The zero-order chi connectivity index (χ0) is 26.2. The SMILES string of the molecule is CN(CCN1CCCC1)C1=NC(=O)/C(=C/c2ccc3c(cnn3Cc3ccc(Cl)cc3C(F)(F)F)c2)S1. The fourth-order valence-corrected chi connectivity index (χ4v) is 5.61. The molecule has 1 saturated heterocycles. The monoisotopic (exact) mass is 547 g/mol. The molecular weight excluding hydrogens is 523 g/mol. The Balaban J connectivity index is 1.30. The number of thioether (sulfide) groups is 1. The summed E-state index contributed by atoms with van der Waals surface area (Å²) in [4.78, 5) is 21.7. The molecule has 3 aromatic rings. The topological polar surface area (TPSA) is 53.7 Å². The lowest BCUT2D eigenvalue weighted by molar-refractivity contribution is -0.138. The van der Waals surface area contributed by atoms with Crippen LogP contribution in [0.5, 0.6) is 0 Å². The Morgan fingerprint density at radius 1 is 1.16 bits per heavy atom. The van der Waals surface area contributed by atoms with Crippen LogP contribution in [0, 0.1) is 0 Å². The largest absolute Gasteiger partial charge is 0.416 e. The van der Waals surface area contributed by atoms with E-state index in [2.05, 4.69) is 15.0 Å². The first-order valence-corrected chi connectivity index (χ1v) is 13.1. The summed E-state index contributed by atoms with van der Waals surface area (Å²) < 4.78 is 42.0. The van der Waals surface area contributed by atoms with Crippen LogP contribution in [0.1, 0.15) is 29.5 Å². The van der Waals surface area contributed by atoms with Crippen molar-refractivity contribution in [3.8, 4) is 0 Å².